The van der Waals surface area contributed by atoms with Crippen LogP contribution in [-0.4, -0.2) is 34.5 Å². The summed E-state index contributed by atoms with van der Waals surface area (Å²) in [5.41, 5.74) is 7.63. The van der Waals surface area contributed by atoms with Crippen LogP contribution in [0.4, 0.5) is 0 Å². The fourth-order valence-corrected chi connectivity index (χ4v) is 2.83. The first-order chi connectivity index (χ1) is 10.1. The Morgan fingerprint density at radius 3 is 2.81 bits per heavy atom. The molecule has 0 aliphatic carbocycles. The highest BCUT2D eigenvalue weighted by molar-refractivity contribution is 5.88. The Bertz CT molecular complexity index is 530. The average Bonchev–Trinajstić information content (AvgIpc) is 2.50. The summed E-state index contributed by atoms with van der Waals surface area (Å²) in [6.45, 7) is 2.45. The van der Waals surface area contributed by atoms with Crippen LogP contribution in [0.3, 0.4) is 0 Å². The summed E-state index contributed by atoms with van der Waals surface area (Å²) in [5.74, 6) is -1.26. The molecule has 1 amide bonds. The van der Waals surface area contributed by atoms with Crippen molar-refractivity contribution in [3.05, 3.63) is 35.4 Å². The van der Waals surface area contributed by atoms with Crippen LogP contribution in [0.25, 0.3) is 0 Å². The molecular formula is C16H22N2O3. The minimum Gasteiger partial charge on any atom is -0.479 e. The molecule has 21 heavy (non-hydrogen) atoms. The van der Waals surface area contributed by atoms with Gasteiger partial charge in [-0.05, 0) is 24.0 Å². The summed E-state index contributed by atoms with van der Waals surface area (Å²) < 4.78 is 0. The molecule has 1 heterocycles. The van der Waals surface area contributed by atoms with E-state index in [0.717, 1.165) is 18.4 Å². The maximum absolute atomic E-state index is 12.5. The molecule has 0 aromatic heterocycles. The first-order valence-electron chi connectivity index (χ1n) is 7.43. The lowest BCUT2D eigenvalue weighted by Crippen LogP contribution is -2.50. The van der Waals surface area contributed by atoms with Gasteiger partial charge in [-0.15, -0.1) is 0 Å². The van der Waals surface area contributed by atoms with Gasteiger partial charge in [0, 0.05) is 6.54 Å². The van der Waals surface area contributed by atoms with Crippen LogP contribution in [-0.2, 0) is 16.0 Å². The molecule has 0 saturated carbocycles. The molecule has 1 aliphatic rings. The molecular weight excluding hydrogens is 268 g/mol. The van der Waals surface area contributed by atoms with Gasteiger partial charge in [0.05, 0.1) is 6.04 Å². The molecule has 0 saturated heterocycles. The number of nitrogens with two attached hydrogens (primary N) is 1. The Morgan fingerprint density at radius 1 is 1.43 bits per heavy atom. The number of aliphatic carboxylic acids is 1. The number of unbranched alkanes of at least 4 members (excludes halogenated alkanes) is 1. The lowest BCUT2D eigenvalue weighted by atomic mass is 9.92. The number of carboxylic acid groups (broad SMARTS) is 1. The molecule has 0 spiro atoms. The lowest BCUT2D eigenvalue weighted by molar-refractivity contribution is -0.151. The SMILES string of the molecule is CCCCC(N)C(=O)N1CCc2ccccc2C1C(=O)O. The first kappa shape index (κ1) is 15.5. The van der Waals surface area contributed by atoms with Gasteiger partial charge in [-0.2, -0.15) is 0 Å². The molecule has 5 heteroatoms. The average molecular weight is 290 g/mol. The number of hydrogen-bond acceptors (Lipinski definition) is 3. The third-order valence-electron chi connectivity index (χ3n) is 3.99. The van der Waals surface area contributed by atoms with Crippen molar-refractivity contribution in [2.75, 3.05) is 6.54 Å². The van der Waals surface area contributed by atoms with Crippen molar-refractivity contribution < 1.29 is 14.7 Å². The summed E-state index contributed by atoms with van der Waals surface area (Å²) in [6, 6.07) is 5.86. The predicted octanol–water partition coefficient (Wildman–Crippen LogP) is 1.71. The number of amides is 1. The van der Waals surface area contributed by atoms with E-state index in [1.165, 1.54) is 4.90 Å². The van der Waals surface area contributed by atoms with Crippen molar-refractivity contribution in [3.63, 3.8) is 0 Å². The van der Waals surface area contributed by atoms with Gasteiger partial charge < -0.3 is 15.7 Å². The van der Waals surface area contributed by atoms with E-state index in [4.69, 9.17) is 5.73 Å². The molecule has 0 radical (unpaired) electrons. The van der Waals surface area contributed by atoms with Crippen LogP contribution < -0.4 is 5.73 Å². The number of fused-ring (bicyclic) bond motifs is 1. The molecule has 0 bridgehead atoms. The molecule has 5 nitrogen and oxygen atoms in total. The lowest BCUT2D eigenvalue weighted by Gasteiger charge is -2.36. The minimum absolute atomic E-state index is 0.259. The van der Waals surface area contributed by atoms with Crippen LogP contribution in [0.15, 0.2) is 24.3 Å². The van der Waals surface area contributed by atoms with E-state index in [-0.39, 0.29) is 5.91 Å². The first-order valence-corrected chi connectivity index (χ1v) is 7.43. The molecule has 2 atom stereocenters. The third kappa shape index (κ3) is 3.24. The predicted molar refractivity (Wildman–Crippen MR) is 79.7 cm³/mol. The zero-order valence-electron chi connectivity index (χ0n) is 12.3. The maximum atomic E-state index is 12.5. The quantitative estimate of drug-likeness (QED) is 0.864. The normalized spacial score (nSPS) is 19.0. The minimum atomic E-state index is -1.00. The van der Waals surface area contributed by atoms with E-state index in [1.807, 2.05) is 19.1 Å². The number of rotatable bonds is 5. The van der Waals surface area contributed by atoms with E-state index in [9.17, 15) is 14.7 Å². The Morgan fingerprint density at radius 2 is 2.14 bits per heavy atom. The fraction of sp³-hybridized carbons (Fsp3) is 0.500. The molecule has 114 valence electrons. The van der Waals surface area contributed by atoms with E-state index in [0.29, 0.717) is 24.9 Å². The highest BCUT2D eigenvalue weighted by atomic mass is 16.4. The van der Waals surface area contributed by atoms with E-state index >= 15 is 0 Å². The monoisotopic (exact) mass is 290 g/mol. The van der Waals surface area contributed by atoms with Crippen LogP contribution in [0.2, 0.25) is 0 Å². The largest absolute Gasteiger partial charge is 0.479 e. The summed E-state index contributed by atoms with van der Waals surface area (Å²) in [4.78, 5) is 25.5. The molecule has 0 fully saturated rings. The van der Waals surface area contributed by atoms with Crippen LogP contribution in [0.1, 0.15) is 43.4 Å². The molecule has 1 aromatic rings. The van der Waals surface area contributed by atoms with Gasteiger partial charge in [0.1, 0.15) is 0 Å². The third-order valence-corrected chi connectivity index (χ3v) is 3.99. The number of benzene rings is 1. The zero-order chi connectivity index (χ0) is 15.4. The maximum Gasteiger partial charge on any atom is 0.331 e. The summed E-state index contributed by atoms with van der Waals surface area (Å²) >= 11 is 0. The van der Waals surface area contributed by atoms with Gasteiger partial charge in [0.25, 0.3) is 0 Å². The fourth-order valence-electron chi connectivity index (χ4n) is 2.83. The molecule has 1 aromatic carbocycles. The Labute approximate surface area is 124 Å². The Balaban J connectivity index is 2.24. The Hall–Kier alpha value is -1.88. The van der Waals surface area contributed by atoms with Gasteiger partial charge in [-0.25, -0.2) is 4.79 Å². The van der Waals surface area contributed by atoms with Crippen molar-refractivity contribution in [1.82, 2.24) is 4.90 Å². The Kier molecular flexibility index (Phi) is 4.96. The van der Waals surface area contributed by atoms with Crippen molar-refractivity contribution in [2.24, 2.45) is 5.73 Å². The smallest absolute Gasteiger partial charge is 0.331 e. The number of carboxylic acids is 1. The van der Waals surface area contributed by atoms with E-state index in [1.54, 1.807) is 12.1 Å². The summed E-state index contributed by atoms with van der Waals surface area (Å²) in [5, 5.41) is 9.53. The number of nitrogens with zero attached hydrogens (tertiary/aromatic N) is 1. The van der Waals surface area contributed by atoms with Gasteiger partial charge in [-0.3, -0.25) is 4.79 Å². The summed E-state index contributed by atoms with van der Waals surface area (Å²) in [7, 11) is 0. The van der Waals surface area contributed by atoms with Crippen molar-refractivity contribution >= 4 is 11.9 Å². The van der Waals surface area contributed by atoms with Crippen molar-refractivity contribution in [3.8, 4) is 0 Å². The molecule has 1 aliphatic heterocycles. The highest BCUT2D eigenvalue weighted by Gasteiger charge is 2.37. The van der Waals surface area contributed by atoms with Crippen molar-refractivity contribution in [2.45, 2.75) is 44.7 Å². The molecule has 3 N–H and O–H groups in total. The number of carbonyl (C=O) groups excluding carboxylic acids is 1. The second-order valence-corrected chi connectivity index (χ2v) is 5.47. The zero-order valence-corrected chi connectivity index (χ0v) is 12.3. The second-order valence-electron chi connectivity index (χ2n) is 5.47. The number of hydrogen-bond donors (Lipinski definition) is 2. The highest BCUT2D eigenvalue weighted by Crippen LogP contribution is 2.30. The van der Waals surface area contributed by atoms with Gasteiger partial charge in [0.2, 0.25) is 5.91 Å². The second kappa shape index (κ2) is 6.72. The summed E-state index contributed by atoms with van der Waals surface area (Å²) in [6.07, 6.45) is 3.10. The van der Waals surface area contributed by atoms with Crippen LogP contribution >= 0.6 is 0 Å². The van der Waals surface area contributed by atoms with Crippen molar-refractivity contribution in [1.29, 1.82) is 0 Å². The van der Waals surface area contributed by atoms with Gasteiger partial charge in [0.15, 0.2) is 6.04 Å². The molecule has 2 unspecified atom stereocenters. The molecule has 2 rings (SSSR count). The van der Waals surface area contributed by atoms with E-state index in [2.05, 4.69) is 0 Å². The van der Waals surface area contributed by atoms with Gasteiger partial charge in [-0.1, -0.05) is 44.0 Å². The van der Waals surface area contributed by atoms with Gasteiger partial charge >= 0.3 is 5.97 Å². The number of carbonyl (C=O) groups is 2. The van der Waals surface area contributed by atoms with Crippen LogP contribution in [0.5, 0.6) is 0 Å². The van der Waals surface area contributed by atoms with E-state index < -0.39 is 18.1 Å². The van der Waals surface area contributed by atoms with Crippen LogP contribution in [0, 0.1) is 0 Å². The standard InChI is InChI=1S/C16H22N2O3/c1-2-3-8-13(17)15(19)18-10-9-11-6-4-5-7-12(11)14(18)16(20)21/h4-7,13-14H,2-3,8-10,17H2,1H3,(H,20,21). The topological polar surface area (TPSA) is 83.6 Å².